The summed E-state index contributed by atoms with van der Waals surface area (Å²) in [5.74, 6) is 0.256. The summed E-state index contributed by atoms with van der Waals surface area (Å²) >= 11 is -0.102. The molecule has 0 fully saturated rings. The molecular formula is C7H11F3N4OS. The molecule has 0 saturated carbocycles. The Hall–Kier alpha value is -0.960. The molecule has 0 aliphatic heterocycles. The molecule has 3 N–H and O–H groups in total. The first-order valence-corrected chi connectivity index (χ1v) is 5.47. The maximum Gasteiger partial charge on any atom is 0.441 e. The van der Waals surface area contributed by atoms with E-state index < -0.39 is 5.51 Å². The number of hydrogen-bond donors (Lipinski definition) is 2. The third-order valence-corrected chi connectivity index (χ3v) is 2.20. The van der Waals surface area contributed by atoms with Gasteiger partial charge in [0.2, 0.25) is 5.89 Å². The van der Waals surface area contributed by atoms with Crippen molar-refractivity contribution in [3.05, 3.63) is 5.89 Å². The number of thioether (sulfide) groups is 1. The van der Waals surface area contributed by atoms with Crippen LogP contribution in [-0.2, 0) is 6.42 Å². The number of nitrogens with two attached hydrogens (primary N) is 1. The molecule has 9 heteroatoms. The van der Waals surface area contributed by atoms with Crippen molar-refractivity contribution in [1.29, 1.82) is 0 Å². The van der Waals surface area contributed by atoms with Gasteiger partial charge in [-0.1, -0.05) is 5.10 Å². The van der Waals surface area contributed by atoms with Gasteiger partial charge < -0.3 is 15.5 Å². The SMILES string of the molecule is NCCc1nnc(NCCSC(F)(F)F)o1. The Morgan fingerprint density at radius 3 is 2.75 bits per heavy atom. The van der Waals surface area contributed by atoms with Gasteiger partial charge in [-0.3, -0.25) is 0 Å². The summed E-state index contributed by atoms with van der Waals surface area (Å²) in [4.78, 5) is 0. The lowest BCUT2D eigenvalue weighted by molar-refractivity contribution is -0.0327. The lowest BCUT2D eigenvalue weighted by atomic mass is 10.4. The van der Waals surface area contributed by atoms with Crippen molar-refractivity contribution in [2.45, 2.75) is 11.9 Å². The summed E-state index contributed by atoms with van der Waals surface area (Å²) in [6.07, 6.45) is 0.450. The lowest BCUT2D eigenvalue weighted by Gasteiger charge is -2.04. The number of halogens is 3. The zero-order chi connectivity index (χ0) is 12.0. The summed E-state index contributed by atoms with van der Waals surface area (Å²) in [6, 6.07) is 0.117. The van der Waals surface area contributed by atoms with E-state index in [2.05, 4.69) is 15.5 Å². The van der Waals surface area contributed by atoms with Crippen molar-refractivity contribution >= 4 is 17.8 Å². The second-order valence-electron chi connectivity index (χ2n) is 2.76. The molecule has 92 valence electrons. The predicted molar refractivity (Wildman–Crippen MR) is 54.1 cm³/mol. The van der Waals surface area contributed by atoms with E-state index in [1.54, 1.807) is 0 Å². The average Bonchev–Trinajstić information content (AvgIpc) is 2.60. The van der Waals surface area contributed by atoms with Gasteiger partial charge in [-0.2, -0.15) is 13.2 Å². The average molecular weight is 256 g/mol. The van der Waals surface area contributed by atoms with Crippen molar-refractivity contribution in [2.24, 2.45) is 5.73 Å². The van der Waals surface area contributed by atoms with Crippen LogP contribution in [0.5, 0.6) is 0 Å². The predicted octanol–water partition coefficient (Wildman–Crippen LogP) is 1.24. The van der Waals surface area contributed by atoms with E-state index in [0.717, 1.165) is 0 Å². The molecule has 0 amide bonds. The van der Waals surface area contributed by atoms with Gasteiger partial charge >= 0.3 is 11.5 Å². The van der Waals surface area contributed by atoms with Gasteiger partial charge in [-0.15, -0.1) is 5.10 Å². The van der Waals surface area contributed by atoms with Crippen LogP contribution in [0.25, 0.3) is 0 Å². The number of rotatable bonds is 6. The monoisotopic (exact) mass is 256 g/mol. The van der Waals surface area contributed by atoms with E-state index in [0.29, 0.717) is 18.9 Å². The molecule has 0 bridgehead atoms. The first-order chi connectivity index (χ1) is 7.51. The second-order valence-corrected chi connectivity index (χ2v) is 3.92. The number of hydrogen-bond acceptors (Lipinski definition) is 6. The van der Waals surface area contributed by atoms with Crippen LogP contribution >= 0.6 is 11.8 Å². The molecule has 16 heavy (non-hydrogen) atoms. The van der Waals surface area contributed by atoms with Gasteiger partial charge in [-0.05, 0) is 11.8 Å². The van der Waals surface area contributed by atoms with Crippen LogP contribution < -0.4 is 11.1 Å². The molecule has 0 saturated heterocycles. The largest absolute Gasteiger partial charge is 0.441 e. The molecule has 5 nitrogen and oxygen atoms in total. The van der Waals surface area contributed by atoms with Crippen molar-refractivity contribution in [2.75, 3.05) is 24.2 Å². The zero-order valence-corrected chi connectivity index (χ0v) is 9.07. The molecule has 0 atom stereocenters. The highest BCUT2D eigenvalue weighted by Crippen LogP contribution is 2.29. The van der Waals surface area contributed by atoms with E-state index in [1.807, 2.05) is 0 Å². The van der Waals surface area contributed by atoms with Gasteiger partial charge in [0.15, 0.2) is 0 Å². The molecule has 0 radical (unpaired) electrons. The van der Waals surface area contributed by atoms with Crippen LogP contribution in [0.2, 0.25) is 0 Å². The topological polar surface area (TPSA) is 77.0 Å². The smallest absolute Gasteiger partial charge is 0.408 e. The van der Waals surface area contributed by atoms with E-state index in [-0.39, 0.29) is 30.1 Å². The summed E-state index contributed by atoms with van der Waals surface area (Å²) in [5.41, 5.74) is 1.06. The highest BCUT2D eigenvalue weighted by atomic mass is 32.2. The Morgan fingerprint density at radius 2 is 2.12 bits per heavy atom. The molecule has 0 aliphatic rings. The number of alkyl halides is 3. The van der Waals surface area contributed by atoms with Crippen LogP contribution in [0.15, 0.2) is 4.42 Å². The Balaban J connectivity index is 2.21. The van der Waals surface area contributed by atoms with Crippen molar-refractivity contribution < 1.29 is 17.6 Å². The first kappa shape index (κ1) is 13.1. The van der Waals surface area contributed by atoms with E-state index in [9.17, 15) is 13.2 Å². The highest BCUT2D eigenvalue weighted by molar-refractivity contribution is 8.00. The first-order valence-electron chi connectivity index (χ1n) is 4.48. The standard InChI is InChI=1S/C7H11F3N4OS/c8-7(9,10)16-4-3-12-6-14-13-5(15-6)1-2-11/h1-4,11H2,(H,12,14). The van der Waals surface area contributed by atoms with Crippen molar-refractivity contribution in [3.63, 3.8) is 0 Å². The third kappa shape index (κ3) is 5.21. The van der Waals surface area contributed by atoms with Gasteiger partial charge in [-0.25, -0.2) is 0 Å². The summed E-state index contributed by atoms with van der Waals surface area (Å²) in [5, 5.41) is 9.83. The highest BCUT2D eigenvalue weighted by Gasteiger charge is 2.27. The minimum atomic E-state index is -4.21. The minimum Gasteiger partial charge on any atom is -0.408 e. The van der Waals surface area contributed by atoms with Crippen LogP contribution in [0.1, 0.15) is 5.89 Å². The normalized spacial score (nSPS) is 11.8. The minimum absolute atomic E-state index is 0.102. The van der Waals surface area contributed by atoms with Gasteiger partial charge in [0, 0.05) is 25.3 Å². The zero-order valence-electron chi connectivity index (χ0n) is 8.25. The fourth-order valence-electron chi connectivity index (χ4n) is 0.874. The number of nitrogens with zero attached hydrogens (tertiary/aromatic N) is 2. The van der Waals surface area contributed by atoms with Crippen LogP contribution in [0, 0.1) is 0 Å². The number of aromatic nitrogens is 2. The summed E-state index contributed by atoms with van der Waals surface area (Å²) in [7, 11) is 0. The Morgan fingerprint density at radius 1 is 1.38 bits per heavy atom. The molecule has 0 spiro atoms. The van der Waals surface area contributed by atoms with E-state index >= 15 is 0 Å². The van der Waals surface area contributed by atoms with Crippen molar-refractivity contribution in [1.82, 2.24) is 10.2 Å². The number of nitrogens with one attached hydrogen (secondary N) is 1. The maximum atomic E-state index is 11.8. The molecule has 1 aromatic heterocycles. The van der Waals surface area contributed by atoms with Crippen molar-refractivity contribution in [3.8, 4) is 0 Å². The van der Waals surface area contributed by atoms with E-state index in [4.69, 9.17) is 10.2 Å². The summed E-state index contributed by atoms with van der Waals surface area (Å²) < 4.78 is 40.3. The molecule has 1 heterocycles. The molecule has 1 rings (SSSR count). The van der Waals surface area contributed by atoms with E-state index in [1.165, 1.54) is 0 Å². The van der Waals surface area contributed by atoms with Gasteiger partial charge in [0.1, 0.15) is 0 Å². The molecule has 0 unspecified atom stereocenters. The van der Waals surface area contributed by atoms with Crippen LogP contribution in [0.4, 0.5) is 19.2 Å². The molecule has 0 aliphatic carbocycles. The second kappa shape index (κ2) is 5.94. The summed E-state index contributed by atoms with van der Waals surface area (Å²) in [6.45, 7) is 0.486. The van der Waals surface area contributed by atoms with Gasteiger partial charge in [0.05, 0.1) is 0 Å². The van der Waals surface area contributed by atoms with Gasteiger partial charge in [0.25, 0.3) is 0 Å². The molecular weight excluding hydrogens is 245 g/mol. The van der Waals surface area contributed by atoms with Crippen LogP contribution in [0.3, 0.4) is 0 Å². The lowest BCUT2D eigenvalue weighted by Crippen LogP contribution is -2.09. The Bertz CT molecular complexity index is 317. The third-order valence-electron chi connectivity index (χ3n) is 1.47. The quantitative estimate of drug-likeness (QED) is 0.746. The molecule has 1 aromatic rings. The molecule has 0 aromatic carbocycles. The Labute approximate surface area is 94.0 Å². The number of anilines is 1. The maximum absolute atomic E-state index is 11.8. The fraction of sp³-hybridized carbons (Fsp3) is 0.714. The van der Waals surface area contributed by atoms with Crippen LogP contribution in [-0.4, -0.2) is 34.5 Å². The Kier molecular flexibility index (Phi) is 4.87. The fourth-order valence-corrected chi connectivity index (χ4v) is 1.31.